The summed E-state index contributed by atoms with van der Waals surface area (Å²) in [4.78, 5) is 48.8. The Bertz CT molecular complexity index is 1630. The van der Waals surface area contributed by atoms with Crippen LogP contribution in [0.25, 0.3) is 5.57 Å². The highest BCUT2D eigenvalue weighted by Gasteiger charge is 2.37. The molecule has 0 spiro atoms. The third-order valence-electron chi connectivity index (χ3n) is 7.00. The topological polar surface area (TPSA) is 81.0 Å². The number of thiophene rings is 1. The van der Waals surface area contributed by atoms with Gasteiger partial charge in [0.2, 0.25) is 0 Å². The first-order valence-corrected chi connectivity index (χ1v) is 14.9. The summed E-state index contributed by atoms with van der Waals surface area (Å²) >= 11 is 2.65. The number of para-hydroxylation sites is 1. The number of anilines is 1. The Morgan fingerprint density at radius 1 is 1.13 bits per heavy atom. The minimum Gasteiger partial charge on any atom is -0.458 e. The Kier molecular flexibility index (Phi) is 8.09. The van der Waals surface area contributed by atoms with E-state index in [4.69, 9.17) is 4.74 Å². The first-order chi connectivity index (χ1) is 19.0. The SMILES string of the molecule is C=CCOC(=O)C1=C(C)N=c2s/c(=C3\C(=O)N(CCCCCCC)c4ccccc43)c(=O)n2[C@@H]1c1cccs1. The second kappa shape index (κ2) is 11.7. The van der Waals surface area contributed by atoms with E-state index in [1.807, 2.05) is 41.8 Å². The van der Waals surface area contributed by atoms with Crippen LogP contribution in [0, 0.1) is 0 Å². The van der Waals surface area contributed by atoms with Gasteiger partial charge in [-0.1, -0.05) is 80.9 Å². The van der Waals surface area contributed by atoms with Gasteiger partial charge in [0.15, 0.2) is 4.80 Å². The Hall–Kier alpha value is -3.56. The molecule has 0 bridgehead atoms. The average molecular weight is 562 g/mol. The third-order valence-corrected chi connectivity index (χ3v) is 8.98. The van der Waals surface area contributed by atoms with Gasteiger partial charge in [0.05, 0.1) is 22.5 Å². The summed E-state index contributed by atoms with van der Waals surface area (Å²) in [5.74, 6) is -0.699. The van der Waals surface area contributed by atoms with Crippen LogP contribution >= 0.6 is 22.7 Å². The van der Waals surface area contributed by atoms with Gasteiger partial charge in [-0.15, -0.1) is 11.3 Å². The number of esters is 1. The molecule has 0 aliphatic carbocycles. The lowest BCUT2D eigenvalue weighted by atomic mass is 10.0. The van der Waals surface area contributed by atoms with Gasteiger partial charge in [0.25, 0.3) is 11.5 Å². The first-order valence-electron chi connectivity index (χ1n) is 13.3. The van der Waals surface area contributed by atoms with Crippen molar-refractivity contribution in [3.8, 4) is 0 Å². The number of carbonyl (C=O) groups excluding carboxylic acids is 2. The lowest BCUT2D eigenvalue weighted by Crippen LogP contribution is -2.40. The molecule has 3 aromatic rings. The molecular weight excluding hydrogens is 530 g/mol. The molecular formula is C30H31N3O4S2. The molecule has 0 radical (unpaired) electrons. The van der Waals surface area contributed by atoms with Crippen molar-refractivity contribution >= 4 is 45.8 Å². The first kappa shape index (κ1) is 27.0. The van der Waals surface area contributed by atoms with E-state index in [0.717, 1.165) is 41.8 Å². The summed E-state index contributed by atoms with van der Waals surface area (Å²) in [5.41, 5.74) is 2.47. The van der Waals surface area contributed by atoms with Gasteiger partial charge >= 0.3 is 5.97 Å². The maximum atomic E-state index is 14.1. The molecule has 7 nitrogen and oxygen atoms in total. The standard InChI is InChI=1S/C30H31N3O4S2/c1-4-6-7-8-11-16-32-21-14-10-9-13-20(21)24(27(32)34)26-28(35)33-25(22-15-12-18-38-22)23(29(36)37-17-5-2)19(3)31-30(33)39-26/h5,9-10,12-15,18,25H,2,4,6-8,11,16-17H2,1,3H3/b26-24-/t25-/m1/s1. The fraction of sp³-hybridized carbons (Fsp3) is 0.333. The van der Waals surface area contributed by atoms with E-state index in [1.54, 1.807) is 16.4 Å². The van der Waals surface area contributed by atoms with Gasteiger partial charge in [-0.25, -0.2) is 9.79 Å². The summed E-state index contributed by atoms with van der Waals surface area (Å²) in [7, 11) is 0. The van der Waals surface area contributed by atoms with E-state index in [-0.39, 0.29) is 18.1 Å². The molecule has 0 N–H and O–H groups in total. The van der Waals surface area contributed by atoms with Crippen LogP contribution in [0.4, 0.5) is 5.69 Å². The summed E-state index contributed by atoms with van der Waals surface area (Å²) < 4.78 is 7.27. The van der Waals surface area contributed by atoms with Gasteiger partial charge in [0, 0.05) is 17.0 Å². The molecule has 1 amide bonds. The van der Waals surface area contributed by atoms with Gasteiger partial charge < -0.3 is 9.64 Å². The number of unbranched alkanes of at least 4 members (excludes halogenated alkanes) is 4. The molecule has 202 valence electrons. The number of thiazole rings is 1. The molecule has 0 fully saturated rings. The fourth-order valence-electron chi connectivity index (χ4n) is 5.16. The van der Waals surface area contributed by atoms with E-state index >= 15 is 0 Å². The number of aromatic nitrogens is 1. The Morgan fingerprint density at radius 3 is 2.67 bits per heavy atom. The number of ether oxygens (including phenoxy) is 1. The van der Waals surface area contributed by atoms with Gasteiger partial charge in [0.1, 0.15) is 17.2 Å². The van der Waals surface area contributed by atoms with Crippen LogP contribution < -0.4 is 19.8 Å². The molecule has 0 saturated heterocycles. The Morgan fingerprint density at radius 2 is 1.92 bits per heavy atom. The van der Waals surface area contributed by atoms with Crippen LogP contribution in [-0.2, 0) is 14.3 Å². The smallest absolute Gasteiger partial charge is 0.338 e. The molecule has 0 saturated carbocycles. The lowest BCUT2D eigenvalue weighted by Gasteiger charge is -2.23. The molecule has 2 aliphatic rings. The predicted octanol–water partition coefficient (Wildman–Crippen LogP) is 4.71. The highest BCUT2D eigenvalue weighted by molar-refractivity contribution is 7.10. The van der Waals surface area contributed by atoms with Crippen LogP contribution in [0.5, 0.6) is 0 Å². The van der Waals surface area contributed by atoms with E-state index < -0.39 is 12.0 Å². The lowest BCUT2D eigenvalue weighted by molar-refractivity contribution is -0.138. The highest BCUT2D eigenvalue weighted by Crippen LogP contribution is 2.36. The largest absolute Gasteiger partial charge is 0.458 e. The van der Waals surface area contributed by atoms with Crippen molar-refractivity contribution in [2.45, 2.75) is 52.0 Å². The number of fused-ring (bicyclic) bond motifs is 2. The molecule has 4 heterocycles. The molecule has 1 aromatic carbocycles. The van der Waals surface area contributed by atoms with Gasteiger partial charge in [-0.05, 0) is 30.9 Å². The molecule has 1 atom stereocenters. The molecule has 39 heavy (non-hydrogen) atoms. The summed E-state index contributed by atoms with van der Waals surface area (Å²) in [6.45, 7) is 8.22. The van der Waals surface area contributed by atoms with Crippen molar-refractivity contribution in [2.24, 2.45) is 4.99 Å². The zero-order valence-electron chi connectivity index (χ0n) is 22.1. The summed E-state index contributed by atoms with van der Waals surface area (Å²) in [5, 5.41) is 1.91. The predicted molar refractivity (Wildman–Crippen MR) is 156 cm³/mol. The van der Waals surface area contributed by atoms with Crippen molar-refractivity contribution in [1.82, 2.24) is 4.57 Å². The second-order valence-electron chi connectivity index (χ2n) is 9.57. The van der Waals surface area contributed by atoms with Crippen molar-refractivity contribution in [1.29, 1.82) is 0 Å². The number of hydrogen-bond acceptors (Lipinski definition) is 7. The Labute approximate surface area is 235 Å². The number of carbonyl (C=O) groups is 2. The monoisotopic (exact) mass is 561 g/mol. The number of hydrogen-bond donors (Lipinski definition) is 0. The van der Waals surface area contributed by atoms with E-state index in [0.29, 0.717) is 32.7 Å². The quantitative estimate of drug-likeness (QED) is 0.204. The minimum absolute atomic E-state index is 0.0565. The summed E-state index contributed by atoms with van der Waals surface area (Å²) in [6, 6.07) is 10.7. The molecule has 5 rings (SSSR count). The summed E-state index contributed by atoms with van der Waals surface area (Å²) in [6.07, 6.45) is 6.96. The number of allylic oxidation sites excluding steroid dienone is 1. The number of benzene rings is 1. The van der Waals surface area contributed by atoms with Gasteiger partial charge in [-0.3, -0.25) is 14.2 Å². The van der Waals surface area contributed by atoms with Crippen LogP contribution in [0.3, 0.4) is 0 Å². The van der Waals surface area contributed by atoms with Crippen LogP contribution in [0.1, 0.15) is 62.4 Å². The number of nitrogens with zero attached hydrogens (tertiary/aromatic N) is 3. The highest BCUT2D eigenvalue weighted by atomic mass is 32.1. The van der Waals surface area contributed by atoms with Crippen LogP contribution in [0.2, 0.25) is 0 Å². The molecule has 2 aliphatic heterocycles. The third kappa shape index (κ3) is 4.96. The average Bonchev–Trinajstić information content (AvgIpc) is 3.64. The molecule has 0 unspecified atom stereocenters. The van der Waals surface area contributed by atoms with Gasteiger partial charge in [-0.2, -0.15) is 0 Å². The zero-order chi connectivity index (χ0) is 27.5. The Balaban J connectivity index is 1.64. The molecule has 9 heteroatoms. The van der Waals surface area contributed by atoms with Crippen molar-refractivity contribution in [2.75, 3.05) is 18.1 Å². The van der Waals surface area contributed by atoms with E-state index in [9.17, 15) is 14.4 Å². The molecule has 2 aromatic heterocycles. The van der Waals surface area contributed by atoms with Crippen molar-refractivity contribution in [3.63, 3.8) is 0 Å². The van der Waals surface area contributed by atoms with E-state index in [2.05, 4.69) is 18.5 Å². The minimum atomic E-state index is -0.686. The zero-order valence-corrected chi connectivity index (χ0v) is 23.8. The maximum absolute atomic E-state index is 14.1. The fourth-order valence-corrected chi connectivity index (χ4v) is 7.12. The second-order valence-corrected chi connectivity index (χ2v) is 11.5. The van der Waals surface area contributed by atoms with Crippen LogP contribution in [-0.4, -0.2) is 29.6 Å². The number of amides is 1. The normalized spacial score (nSPS) is 17.6. The van der Waals surface area contributed by atoms with Crippen molar-refractivity contribution in [3.05, 3.63) is 95.8 Å². The number of rotatable bonds is 10. The maximum Gasteiger partial charge on any atom is 0.338 e. The van der Waals surface area contributed by atoms with Crippen molar-refractivity contribution < 1.29 is 14.3 Å². The van der Waals surface area contributed by atoms with Crippen LogP contribution in [0.15, 0.2) is 75.5 Å². The van der Waals surface area contributed by atoms with E-state index in [1.165, 1.54) is 35.2 Å².